The molecule has 0 spiro atoms. The number of aromatic nitrogens is 1. The lowest BCUT2D eigenvalue weighted by Gasteiger charge is -2.23. The Labute approximate surface area is 160 Å². The van der Waals surface area contributed by atoms with Gasteiger partial charge >= 0.3 is 0 Å². The smallest absolute Gasteiger partial charge is 0.189 e. The highest BCUT2D eigenvalue weighted by Crippen LogP contribution is 2.16. The van der Waals surface area contributed by atoms with Crippen molar-refractivity contribution in [2.24, 2.45) is 10.7 Å². The van der Waals surface area contributed by atoms with E-state index in [-0.39, 0.29) is 0 Å². The summed E-state index contributed by atoms with van der Waals surface area (Å²) in [6.07, 6.45) is 4.52. The number of benzene rings is 1. The van der Waals surface area contributed by atoms with Crippen molar-refractivity contribution in [2.75, 3.05) is 19.6 Å². The van der Waals surface area contributed by atoms with E-state index in [9.17, 15) is 0 Å². The largest absolute Gasteiger partial charge is 0.370 e. The van der Waals surface area contributed by atoms with E-state index < -0.39 is 0 Å². The lowest BCUT2D eigenvalue weighted by atomic mass is 10.1. The number of hydrogen-bond acceptors (Lipinski definition) is 4. The number of nitrogens with two attached hydrogens (primary N) is 1. The summed E-state index contributed by atoms with van der Waals surface area (Å²) >= 11 is 1.71. The number of aliphatic imine (C=N–C) groups is 1. The lowest BCUT2D eigenvalue weighted by Crippen LogP contribution is -2.42. The fraction of sp³-hybridized carbons (Fsp3) is 0.500. The monoisotopic (exact) mass is 371 g/mol. The van der Waals surface area contributed by atoms with E-state index in [0.29, 0.717) is 18.5 Å². The number of aryl methyl sites for hydroxylation is 2. The van der Waals surface area contributed by atoms with Crippen molar-refractivity contribution in [3.05, 3.63) is 52.0 Å². The molecular formula is C20H29N5S. The van der Waals surface area contributed by atoms with Gasteiger partial charge in [0.1, 0.15) is 0 Å². The van der Waals surface area contributed by atoms with Crippen LogP contribution in [0, 0.1) is 0 Å². The molecule has 26 heavy (non-hydrogen) atoms. The van der Waals surface area contributed by atoms with Gasteiger partial charge in [-0.1, -0.05) is 37.3 Å². The van der Waals surface area contributed by atoms with Crippen molar-refractivity contribution in [1.29, 1.82) is 0 Å². The molecule has 1 aliphatic rings. The van der Waals surface area contributed by atoms with Gasteiger partial charge in [-0.2, -0.15) is 0 Å². The Bertz CT molecular complexity index is 697. The van der Waals surface area contributed by atoms with Crippen LogP contribution in [0.4, 0.5) is 0 Å². The number of nitrogens with one attached hydrogen (secondary N) is 1. The summed E-state index contributed by atoms with van der Waals surface area (Å²) in [7, 11) is 0. The first-order valence-electron chi connectivity index (χ1n) is 9.49. The third kappa shape index (κ3) is 5.54. The van der Waals surface area contributed by atoms with E-state index in [0.717, 1.165) is 36.6 Å². The fourth-order valence-corrected chi connectivity index (χ4v) is 4.21. The van der Waals surface area contributed by atoms with Gasteiger partial charge in [0.2, 0.25) is 0 Å². The Morgan fingerprint density at radius 1 is 1.35 bits per heavy atom. The molecule has 2 heterocycles. The summed E-state index contributed by atoms with van der Waals surface area (Å²) in [6.45, 7) is 5.94. The molecule has 3 N–H and O–H groups in total. The number of nitrogens with zero attached hydrogens (tertiary/aromatic N) is 3. The van der Waals surface area contributed by atoms with Crippen molar-refractivity contribution in [2.45, 2.75) is 45.2 Å². The van der Waals surface area contributed by atoms with Crippen molar-refractivity contribution in [1.82, 2.24) is 15.2 Å². The number of rotatable bonds is 8. The molecule has 0 radical (unpaired) electrons. The maximum absolute atomic E-state index is 6.02. The molecule has 0 aliphatic carbocycles. The van der Waals surface area contributed by atoms with Crippen LogP contribution in [0.15, 0.2) is 40.7 Å². The van der Waals surface area contributed by atoms with Gasteiger partial charge in [0.15, 0.2) is 5.96 Å². The second kappa shape index (κ2) is 9.69. The van der Waals surface area contributed by atoms with E-state index in [4.69, 9.17) is 5.73 Å². The zero-order valence-electron chi connectivity index (χ0n) is 15.5. The zero-order valence-corrected chi connectivity index (χ0v) is 16.3. The molecule has 1 unspecified atom stereocenters. The molecule has 1 saturated heterocycles. The van der Waals surface area contributed by atoms with Gasteiger partial charge < -0.3 is 11.1 Å². The third-order valence-corrected chi connectivity index (χ3v) is 5.86. The molecule has 1 aromatic heterocycles. The van der Waals surface area contributed by atoms with E-state index in [2.05, 4.69) is 56.8 Å². The summed E-state index contributed by atoms with van der Waals surface area (Å²) in [6, 6.07) is 11.1. The van der Waals surface area contributed by atoms with Crippen LogP contribution >= 0.6 is 11.3 Å². The molecule has 140 valence electrons. The molecule has 2 aromatic rings. The molecule has 5 nitrogen and oxygen atoms in total. The fourth-order valence-electron chi connectivity index (χ4n) is 3.42. The molecule has 1 aliphatic heterocycles. The summed E-state index contributed by atoms with van der Waals surface area (Å²) in [4.78, 5) is 11.6. The highest BCUT2D eigenvalue weighted by molar-refractivity contribution is 7.09. The number of likely N-dealkylation sites (N-methyl/N-ethyl adjacent to an activating group) is 1. The van der Waals surface area contributed by atoms with Gasteiger partial charge in [0, 0.05) is 24.4 Å². The first-order valence-corrected chi connectivity index (χ1v) is 10.4. The SMILES string of the molecule is CCN1CCCC1CNC(N)=NCc1csc(CCc2ccccc2)n1. The van der Waals surface area contributed by atoms with Gasteiger partial charge in [-0.3, -0.25) is 4.90 Å². The Balaban J connectivity index is 1.42. The molecular weight excluding hydrogens is 342 g/mol. The summed E-state index contributed by atoms with van der Waals surface area (Å²) in [5.41, 5.74) is 8.37. The quantitative estimate of drug-likeness (QED) is 0.553. The molecule has 1 fully saturated rings. The highest BCUT2D eigenvalue weighted by atomic mass is 32.1. The van der Waals surface area contributed by atoms with Crippen LogP contribution in [-0.2, 0) is 19.4 Å². The Morgan fingerprint density at radius 3 is 3.00 bits per heavy atom. The van der Waals surface area contributed by atoms with Crippen LogP contribution in [0.2, 0.25) is 0 Å². The minimum atomic E-state index is 0.520. The summed E-state index contributed by atoms with van der Waals surface area (Å²) in [5, 5.41) is 6.53. The van der Waals surface area contributed by atoms with Crippen molar-refractivity contribution < 1.29 is 0 Å². The number of likely N-dealkylation sites (tertiary alicyclic amines) is 1. The Hall–Kier alpha value is -1.92. The van der Waals surface area contributed by atoms with Gasteiger partial charge in [0.05, 0.1) is 17.2 Å². The van der Waals surface area contributed by atoms with Crippen molar-refractivity contribution in [3.63, 3.8) is 0 Å². The van der Waals surface area contributed by atoms with Gasteiger partial charge in [-0.25, -0.2) is 9.98 Å². The maximum atomic E-state index is 6.02. The molecule has 0 bridgehead atoms. The van der Waals surface area contributed by atoms with E-state index in [1.807, 2.05) is 6.07 Å². The van der Waals surface area contributed by atoms with E-state index >= 15 is 0 Å². The molecule has 6 heteroatoms. The number of thiazole rings is 1. The molecule has 3 rings (SSSR count). The highest BCUT2D eigenvalue weighted by Gasteiger charge is 2.22. The van der Waals surface area contributed by atoms with E-state index in [1.165, 1.54) is 24.9 Å². The topological polar surface area (TPSA) is 66.5 Å². The second-order valence-electron chi connectivity index (χ2n) is 6.73. The van der Waals surface area contributed by atoms with Crippen molar-refractivity contribution in [3.8, 4) is 0 Å². The first kappa shape index (κ1) is 18.9. The molecule has 0 saturated carbocycles. The maximum Gasteiger partial charge on any atom is 0.189 e. The number of hydrogen-bond donors (Lipinski definition) is 2. The lowest BCUT2D eigenvalue weighted by molar-refractivity contribution is 0.267. The minimum absolute atomic E-state index is 0.520. The van der Waals surface area contributed by atoms with Crippen LogP contribution in [0.25, 0.3) is 0 Å². The van der Waals surface area contributed by atoms with Crippen LogP contribution < -0.4 is 11.1 Å². The second-order valence-corrected chi connectivity index (χ2v) is 7.67. The van der Waals surface area contributed by atoms with Crippen LogP contribution in [0.3, 0.4) is 0 Å². The Kier molecular flexibility index (Phi) is 7.03. The number of guanidine groups is 1. The zero-order chi connectivity index (χ0) is 18.2. The van der Waals surface area contributed by atoms with Crippen LogP contribution in [-0.4, -0.2) is 41.5 Å². The predicted octanol–water partition coefficient (Wildman–Crippen LogP) is 2.82. The van der Waals surface area contributed by atoms with Crippen LogP contribution in [0.5, 0.6) is 0 Å². The van der Waals surface area contributed by atoms with Crippen molar-refractivity contribution >= 4 is 17.3 Å². The molecule has 1 atom stereocenters. The third-order valence-electron chi connectivity index (χ3n) is 4.91. The average molecular weight is 372 g/mol. The van der Waals surface area contributed by atoms with Crippen LogP contribution in [0.1, 0.15) is 36.0 Å². The van der Waals surface area contributed by atoms with Gasteiger partial charge in [-0.15, -0.1) is 11.3 Å². The molecule has 1 aromatic carbocycles. The molecule has 0 amide bonds. The normalized spacial score (nSPS) is 18.3. The minimum Gasteiger partial charge on any atom is -0.370 e. The first-order chi connectivity index (χ1) is 12.7. The summed E-state index contributed by atoms with van der Waals surface area (Å²) < 4.78 is 0. The predicted molar refractivity (Wildman–Crippen MR) is 110 cm³/mol. The van der Waals surface area contributed by atoms with Gasteiger partial charge in [0.25, 0.3) is 0 Å². The van der Waals surface area contributed by atoms with Gasteiger partial charge in [-0.05, 0) is 37.9 Å². The van der Waals surface area contributed by atoms with E-state index in [1.54, 1.807) is 11.3 Å². The standard InChI is InChI=1S/C20H29N5S/c1-2-25-12-6-9-18(25)14-23-20(21)22-13-17-15-26-19(24-17)11-10-16-7-4-3-5-8-16/h3-5,7-8,15,18H,2,6,9-14H2,1H3,(H3,21,22,23). The Morgan fingerprint density at radius 2 is 2.19 bits per heavy atom. The summed E-state index contributed by atoms with van der Waals surface area (Å²) in [5.74, 6) is 0.520. The average Bonchev–Trinajstić information content (AvgIpc) is 3.32.